The Balaban J connectivity index is 0.00000334. The minimum atomic E-state index is -1.73. The molecule has 1 fully saturated rings. The van der Waals surface area contributed by atoms with Crippen molar-refractivity contribution < 1.29 is 39.1 Å². The Labute approximate surface area is 217 Å². The molecule has 0 bridgehead atoms. The fraction of sp³-hybridized carbons (Fsp3) is 0.522. The van der Waals surface area contributed by atoms with Crippen molar-refractivity contribution in [1.29, 1.82) is 0 Å². The number of hydrogen-bond donors (Lipinski definition) is 4. The molecule has 1 aliphatic heterocycles. The van der Waals surface area contributed by atoms with Gasteiger partial charge in [-0.25, -0.2) is 0 Å². The average Bonchev–Trinajstić information content (AvgIpc) is 3.35. The summed E-state index contributed by atoms with van der Waals surface area (Å²) in [5.41, 5.74) is 2.64. The van der Waals surface area contributed by atoms with Gasteiger partial charge in [0.05, 0.1) is 15.6 Å². The van der Waals surface area contributed by atoms with Crippen molar-refractivity contribution in [2.24, 2.45) is 11.1 Å². The molecule has 14 heteroatoms. The van der Waals surface area contributed by atoms with Gasteiger partial charge in [0.15, 0.2) is 5.78 Å². The SMILES string of the molecule is CC.CC(C)(C)C(=O)c1ccc(SCC2(NC(=O)CCC(N)C(=O)O)C(=O)N2CC(=O)O)c([N+](=O)[O-])c1. The van der Waals surface area contributed by atoms with Crippen LogP contribution in [0, 0.1) is 15.5 Å². The van der Waals surface area contributed by atoms with Gasteiger partial charge in [0.1, 0.15) is 12.6 Å². The van der Waals surface area contributed by atoms with Crippen molar-refractivity contribution >= 4 is 47.0 Å². The summed E-state index contributed by atoms with van der Waals surface area (Å²) in [5, 5.41) is 32.0. The van der Waals surface area contributed by atoms with Gasteiger partial charge in [0.2, 0.25) is 11.6 Å². The third-order valence-electron chi connectivity index (χ3n) is 5.18. The number of nitrogens with one attached hydrogen (secondary N) is 1. The fourth-order valence-corrected chi connectivity index (χ4v) is 4.35. The number of rotatable bonds is 12. The zero-order valence-electron chi connectivity index (χ0n) is 21.3. The molecule has 2 atom stereocenters. The smallest absolute Gasteiger partial charge is 0.323 e. The van der Waals surface area contributed by atoms with Crippen LogP contribution >= 0.6 is 11.8 Å². The molecule has 1 heterocycles. The van der Waals surface area contributed by atoms with Crippen LogP contribution in [-0.4, -0.2) is 73.6 Å². The summed E-state index contributed by atoms with van der Waals surface area (Å²) in [6.07, 6.45) is -0.552. The summed E-state index contributed by atoms with van der Waals surface area (Å²) in [4.78, 5) is 71.3. The molecule has 37 heavy (non-hydrogen) atoms. The van der Waals surface area contributed by atoms with Gasteiger partial charge < -0.3 is 21.3 Å². The van der Waals surface area contributed by atoms with Crippen LogP contribution in [0.4, 0.5) is 5.69 Å². The van der Waals surface area contributed by atoms with E-state index in [0.717, 1.165) is 22.7 Å². The number of nitro benzene ring substituents is 1. The second-order valence-corrected chi connectivity index (χ2v) is 10.0. The number of nitrogens with zero attached hydrogens (tertiary/aromatic N) is 2. The Morgan fingerprint density at radius 3 is 2.30 bits per heavy atom. The summed E-state index contributed by atoms with van der Waals surface area (Å²) < 4.78 is 0. The van der Waals surface area contributed by atoms with Gasteiger partial charge in [-0.2, -0.15) is 0 Å². The van der Waals surface area contributed by atoms with E-state index in [4.69, 9.17) is 15.9 Å². The highest BCUT2D eigenvalue weighted by Gasteiger charge is 2.64. The number of nitrogens with two attached hydrogens (primary N) is 1. The van der Waals surface area contributed by atoms with Crippen molar-refractivity contribution in [2.45, 2.75) is 64.1 Å². The van der Waals surface area contributed by atoms with E-state index in [1.165, 1.54) is 12.1 Å². The Morgan fingerprint density at radius 1 is 1.22 bits per heavy atom. The molecule has 0 aliphatic carbocycles. The topological polar surface area (TPSA) is 210 Å². The quantitative estimate of drug-likeness (QED) is 0.0988. The zero-order valence-corrected chi connectivity index (χ0v) is 22.1. The molecular formula is C23H32N4O9S. The first-order valence-electron chi connectivity index (χ1n) is 11.4. The predicted octanol–water partition coefficient (Wildman–Crippen LogP) is 1.87. The van der Waals surface area contributed by atoms with Crippen LogP contribution in [0.25, 0.3) is 0 Å². The molecule has 1 aliphatic rings. The number of carbonyl (C=O) groups is 5. The Hall–Kier alpha value is -3.52. The summed E-state index contributed by atoms with van der Waals surface area (Å²) in [7, 11) is 0. The lowest BCUT2D eigenvalue weighted by Gasteiger charge is -2.18. The summed E-state index contributed by atoms with van der Waals surface area (Å²) in [6, 6.07) is 2.62. The maximum absolute atomic E-state index is 12.5. The van der Waals surface area contributed by atoms with Gasteiger partial charge in [-0.05, 0) is 18.6 Å². The van der Waals surface area contributed by atoms with Crippen LogP contribution in [0.1, 0.15) is 57.8 Å². The van der Waals surface area contributed by atoms with Crippen molar-refractivity contribution in [3.63, 3.8) is 0 Å². The summed E-state index contributed by atoms with van der Waals surface area (Å²) in [5.74, 6) is -4.63. The van der Waals surface area contributed by atoms with E-state index in [-0.39, 0.29) is 40.5 Å². The molecule has 2 amide bonds. The number of aliphatic carboxylic acids is 2. The second kappa shape index (κ2) is 12.6. The minimum Gasteiger partial charge on any atom is -0.480 e. The largest absolute Gasteiger partial charge is 0.480 e. The number of carboxylic acids is 2. The number of hydrogen-bond acceptors (Lipinski definition) is 9. The maximum atomic E-state index is 12.5. The molecule has 0 spiro atoms. The normalized spacial score (nSPS) is 17.2. The van der Waals surface area contributed by atoms with Gasteiger partial charge in [-0.1, -0.05) is 34.6 Å². The minimum absolute atomic E-state index is 0.108. The first kappa shape index (κ1) is 31.5. The van der Waals surface area contributed by atoms with Crippen LogP contribution in [0.15, 0.2) is 23.1 Å². The lowest BCUT2D eigenvalue weighted by atomic mass is 9.86. The fourth-order valence-electron chi connectivity index (χ4n) is 3.19. The highest BCUT2D eigenvalue weighted by molar-refractivity contribution is 7.99. The Bertz CT molecular complexity index is 1090. The molecule has 5 N–H and O–H groups in total. The number of nitro groups is 1. The van der Waals surface area contributed by atoms with E-state index in [1.54, 1.807) is 20.8 Å². The van der Waals surface area contributed by atoms with Gasteiger partial charge in [-0.3, -0.25) is 39.0 Å². The van der Waals surface area contributed by atoms with Crippen LogP contribution in [0.2, 0.25) is 0 Å². The van der Waals surface area contributed by atoms with Crippen molar-refractivity contribution in [3.8, 4) is 0 Å². The Morgan fingerprint density at radius 2 is 1.81 bits per heavy atom. The number of Topliss-reactive ketones (excluding diaryl/α,β-unsaturated/α-hetero) is 1. The highest BCUT2D eigenvalue weighted by Crippen LogP contribution is 2.40. The molecular weight excluding hydrogens is 508 g/mol. The lowest BCUT2D eigenvalue weighted by molar-refractivity contribution is -0.387. The standard InChI is InChI=1S/C21H26N4O9S.C2H6/c1-20(2,3)17(29)11-4-6-14(13(8-11)25(33)34)35-10-21(19(32)24(21)9-16(27)28)23-15(26)7-5-12(22)18(30)31;1-2/h4,6,8,12H,5,7,9-10,22H2,1-3H3,(H,23,26)(H,27,28)(H,30,31);1-2H3. The van der Waals surface area contributed by atoms with E-state index in [1.807, 2.05) is 13.8 Å². The number of benzene rings is 1. The molecule has 0 saturated carbocycles. The van der Waals surface area contributed by atoms with Crippen LogP contribution in [-0.2, 0) is 19.2 Å². The first-order chi connectivity index (χ1) is 17.1. The van der Waals surface area contributed by atoms with Crippen LogP contribution in [0.5, 0.6) is 0 Å². The zero-order chi connectivity index (χ0) is 28.7. The van der Waals surface area contributed by atoms with Gasteiger partial charge in [-0.15, -0.1) is 11.8 Å². The number of carboxylic acid groups (broad SMARTS) is 2. The third kappa shape index (κ3) is 7.98. The molecule has 0 aromatic heterocycles. The lowest BCUT2D eigenvalue weighted by Crippen LogP contribution is -2.45. The predicted molar refractivity (Wildman–Crippen MR) is 134 cm³/mol. The van der Waals surface area contributed by atoms with E-state index in [2.05, 4.69) is 5.32 Å². The molecule has 1 saturated heterocycles. The van der Waals surface area contributed by atoms with Crippen LogP contribution in [0.3, 0.4) is 0 Å². The Kier molecular flexibility index (Phi) is 10.8. The molecule has 2 unspecified atom stereocenters. The molecule has 204 valence electrons. The van der Waals surface area contributed by atoms with Gasteiger partial charge in [0, 0.05) is 23.5 Å². The summed E-state index contributed by atoms with van der Waals surface area (Å²) >= 11 is 0.837. The first-order valence-corrected chi connectivity index (χ1v) is 12.4. The molecule has 1 aromatic carbocycles. The molecule has 2 rings (SSSR count). The van der Waals surface area contributed by atoms with Crippen molar-refractivity contribution in [2.75, 3.05) is 12.3 Å². The second-order valence-electron chi connectivity index (χ2n) is 8.98. The monoisotopic (exact) mass is 540 g/mol. The van der Waals surface area contributed by atoms with Gasteiger partial charge >= 0.3 is 11.9 Å². The third-order valence-corrected chi connectivity index (χ3v) is 6.40. The van der Waals surface area contributed by atoms with Gasteiger partial charge in [0.25, 0.3) is 11.6 Å². The van der Waals surface area contributed by atoms with E-state index < -0.39 is 52.3 Å². The number of carbonyl (C=O) groups excluding carboxylic acids is 3. The number of thioether (sulfide) groups is 1. The number of ketones is 1. The maximum Gasteiger partial charge on any atom is 0.323 e. The molecule has 13 nitrogen and oxygen atoms in total. The van der Waals surface area contributed by atoms with Crippen molar-refractivity contribution in [3.05, 3.63) is 33.9 Å². The highest BCUT2D eigenvalue weighted by atomic mass is 32.2. The number of amides is 2. The summed E-state index contributed by atoms with van der Waals surface area (Å²) in [6.45, 7) is 8.31. The van der Waals surface area contributed by atoms with Crippen LogP contribution < -0.4 is 11.1 Å². The van der Waals surface area contributed by atoms with E-state index in [9.17, 15) is 34.1 Å². The average molecular weight is 541 g/mol. The van der Waals surface area contributed by atoms with E-state index in [0.29, 0.717) is 0 Å². The van der Waals surface area contributed by atoms with E-state index >= 15 is 0 Å². The molecule has 1 aromatic rings. The molecule has 0 radical (unpaired) electrons. The van der Waals surface area contributed by atoms with Crippen molar-refractivity contribution in [1.82, 2.24) is 10.2 Å².